The number of aldehydes is 2. The summed E-state index contributed by atoms with van der Waals surface area (Å²) in [6, 6.07) is 0. The Bertz CT molecular complexity index is 58.7. The van der Waals surface area contributed by atoms with Gasteiger partial charge in [-0.15, -0.1) is 0 Å². The van der Waals surface area contributed by atoms with E-state index in [2.05, 4.69) is 0 Å². The molecule has 0 rings (SSSR count). The van der Waals surface area contributed by atoms with Crippen LogP contribution in [0.15, 0.2) is 0 Å². The topological polar surface area (TPSA) is 34.1 Å². The SMILES string of the molecule is [2H]C(=O)C=O. The maximum atomic E-state index is 9.11. The first-order chi connectivity index (χ1) is 2.27. The zero-order valence-corrected chi connectivity index (χ0v) is 1.89. The minimum Gasteiger partial charge on any atom is -0.295 e. The highest BCUT2D eigenvalue weighted by molar-refractivity contribution is 6.09. The van der Waals surface area contributed by atoms with Gasteiger partial charge in [-0.2, -0.15) is 0 Å². The molecule has 0 amide bonds. The number of rotatable bonds is 1. The van der Waals surface area contributed by atoms with Gasteiger partial charge in [-0.3, -0.25) is 9.59 Å². The first-order valence-electron chi connectivity index (χ1n) is 1.23. The van der Waals surface area contributed by atoms with Crippen LogP contribution in [0.3, 0.4) is 0 Å². The van der Waals surface area contributed by atoms with E-state index in [1.807, 2.05) is 0 Å². The summed E-state index contributed by atoms with van der Waals surface area (Å²) in [5.41, 5.74) is 0. The second-order valence-corrected chi connectivity index (χ2v) is 0.236. The fourth-order valence-corrected chi connectivity index (χ4v) is 0. The van der Waals surface area contributed by atoms with E-state index < -0.39 is 6.26 Å². The highest BCUT2D eigenvalue weighted by Crippen LogP contribution is 1.12. The molecule has 0 bridgehead atoms. The zero-order valence-electron chi connectivity index (χ0n) is 2.89. The summed E-state index contributed by atoms with van der Waals surface area (Å²) >= 11 is 0. The van der Waals surface area contributed by atoms with Crippen LogP contribution in [0.5, 0.6) is 0 Å². The van der Waals surface area contributed by atoms with Crippen molar-refractivity contribution in [2.75, 3.05) is 0 Å². The van der Waals surface area contributed by atoms with Crippen LogP contribution in [0.1, 0.15) is 1.37 Å². The van der Waals surface area contributed by atoms with Crippen LogP contribution in [0, 0.1) is 0 Å². The summed E-state index contributed by atoms with van der Waals surface area (Å²) in [6.45, 7) is 0. The van der Waals surface area contributed by atoms with Crippen molar-refractivity contribution in [2.24, 2.45) is 0 Å². The van der Waals surface area contributed by atoms with Gasteiger partial charge in [0.15, 0.2) is 12.5 Å². The number of hydrogen-bond donors (Lipinski definition) is 0. The average molecular weight is 59.0 g/mol. The van der Waals surface area contributed by atoms with Gasteiger partial charge in [0.25, 0.3) is 0 Å². The molecule has 0 aromatic rings. The molecule has 2 nitrogen and oxygen atoms in total. The summed E-state index contributed by atoms with van der Waals surface area (Å²) in [7, 11) is 0. The molecular weight excluding hydrogens is 56.0 g/mol. The first kappa shape index (κ1) is 1.64. The van der Waals surface area contributed by atoms with Crippen LogP contribution in [0.2, 0.25) is 0 Å². The lowest BCUT2D eigenvalue weighted by Crippen LogP contribution is -1.62. The minimum absolute atomic E-state index is 0.0556. The van der Waals surface area contributed by atoms with Crippen LogP contribution in [0.25, 0.3) is 0 Å². The second kappa shape index (κ2) is 2.34. The quantitative estimate of drug-likeness (QED) is 0.298. The van der Waals surface area contributed by atoms with Gasteiger partial charge in [-0.25, -0.2) is 0 Å². The van der Waals surface area contributed by atoms with Crippen LogP contribution in [-0.4, -0.2) is 12.5 Å². The van der Waals surface area contributed by atoms with E-state index in [-0.39, 0.29) is 6.29 Å². The van der Waals surface area contributed by atoms with Crippen molar-refractivity contribution in [3.63, 3.8) is 0 Å². The Hall–Kier alpha value is -0.660. The Balaban J connectivity index is 3.20. The van der Waals surface area contributed by atoms with E-state index in [0.717, 1.165) is 0 Å². The fourth-order valence-electron chi connectivity index (χ4n) is 0. The highest BCUT2D eigenvalue weighted by atomic mass is 16.2. The number of hydrogen-bond acceptors (Lipinski definition) is 2. The molecule has 0 fully saturated rings. The molecular formula is C2H2O2. The third kappa shape index (κ3) is 1.34. The molecule has 0 aliphatic carbocycles. The maximum Gasteiger partial charge on any atom is 0.182 e. The zero-order chi connectivity index (χ0) is 4.28. The predicted octanol–water partition coefficient (Wildman–Crippen LogP) is -0.616. The van der Waals surface area contributed by atoms with Crippen LogP contribution >= 0.6 is 0 Å². The second-order valence-electron chi connectivity index (χ2n) is 0.236. The Morgan fingerprint density at radius 2 is 2.00 bits per heavy atom. The summed E-state index contributed by atoms with van der Waals surface area (Å²) in [5.74, 6) is 0. The highest BCUT2D eigenvalue weighted by Gasteiger charge is 1.47. The van der Waals surface area contributed by atoms with Gasteiger partial charge in [-0.05, 0) is 0 Å². The molecule has 0 spiro atoms. The molecule has 4 heavy (non-hydrogen) atoms. The van der Waals surface area contributed by atoms with Crippen molar-refractivity contribution in [3.8, 4) is 0 Å². The van der Waals surface area contributed by atoms with Gasteiger partial charge in [0.1, 0.15) is 1.37 Å². The Morgan fingerprint density at radius 1 is 1.75 bits per heavy atom. The molecule has 22 valence electrons. The van der Waals surface area contributed by atoms with Gasteiger partial charge < -0.3 is 0 Å². The van der Waals surface area contributed by atoms with Crippen molar-refractivity contribution in [2.45, 2.75) is 0 Å². The monoisotopic (exact) mass is 59.0 g/mol. The largest absolute Gasteiger partial charge is 0.295 e. The van der Waals surface area contributed by atoms with Gasteiger partial charge in [-0.1, -0.05) is 0 Å². The Kier molecular flexibility index (Phi) is 0.959. The van der Waals surface area contributed by atoms with Crippen molar-refractivity contribution in [3.05, 3.63) is 0 Å². The lowest BCUT2D eigenvalue weighted by molar-refractivity contribution is -0.122. The molecule has 0 saturated carbocycles. The van der Waals surface area contributed by atoms with Crippen LogP contribution in [-0.2, 0) is 9.59 Å². The van der Waals surface area contributed by atoms with Crippen molar-refractivity contribution in [1.82, 2.24) is 0 Å². The third-order valence-electron chi connectivity index (χ3n) is 0.0481. The molecule has 0 aliphatic heterocycles. The normalized spacial score (nSPS) is 8.50. The number of carbonyl (C=O) groups excluding carboxylic acids is 2. The van der Waals surface area contributed by atoms with Gasteiger partial charge in [0.2, 0.25) is 0 Å². The summed E-state index contributed by atoms with van der Waals surface area (Å²) in [6.07, 6.45) is -1.23. The van der Waals surface area contributed by atoms with E-state index in [9.17, 15) is 0 Å². The fraction of sp³-hybridized carbons (Fsp3) is 0. The minimum atomic E-state index is -1.18. The van der Waals surface area contributed by atoms with E-state index in [1.54, 1.807) is 0 Å². The third-order valence-corrected chi connectivity index (χ3v) is 0.0481. The van der Waals surface area contributed by atoms with E-state index >= 15 is 0 Å². The molecule has 0 aromatic heterocycles. The molecule has 0 saturated heterocycles. The smallest absolute Gasteiger partial charge is 0.182 e. The molecule has 0 heterocycles. The van der Waals surface area contributed by atoms with E-state index in [4.69, 9.17) is 11.0 Å². The summed E-state index contributed by atoms with van der Waals surface area (Å²) < 4.78 is 5.82. The molecule has 0 aliphatic rings. The summed E-state index contributed by atoms with van der Waals surface area (Å²) in [5, 5.41) is 0. The van der Waals surface area contributed by atoms with Crippen LogP contribution < -0.4 is 0 Å². The molecule has 2 heteroatoms. The molecule has 0 unspecified atom stereocenters. The van der Waals surface area contributed by atoms with Crippen molar-refractivity contribution in [1.29, 1.82) is 0 Å². The molecule has 0 aromatic carbocycles. The molecule has 0 N–H and O–H groups in total. The molecule has 0 radical (unpaired) electrons. The predicted molar refractivity (Wildman–Crippen MR) is 12.1 cm³/mol. The van der Waals surface area contributed by atoms with E-state index in [0.29, 0.717) is 0 Å². The van der Waals surface area contributed by atoms with Gasteiger partial charge in [0, 0.05) is 0 Å². The van der Waals surface area contributed by atoms with Crippen molar-refractivity contribution >= 4 is 12.5 Å². The molecule has 0 atom stereocenters. The maximum absolute atomic E-state index is 9.11. The summed E-state index contributed by atoms with van der Waals surface area (Å²) in [4.78, 5) is 18.1. The average Bonchev–Trinajstić information content (AvgIpc) is 1.38. The lowest BCUT2D eigenvalue weighted by atomic mass is 10.9. The van der Waals surface area contributed by atoms with Gasteiger partial charge in [0.05, 0.1) is 0 Å². The lowest BCUT2D eigenvalue weighted by Gasteiger charge is -1.31. The Morgan fingerprint density at radius 3 is 2.00 bits per heavy atom. The van der Waals surface area contributed by atoms with Crippen molar-refractivity contribution < 1.29 is 11.0 Å². The van der Waals surface area contributed by atoms with Crippen LogP contribution in [0.4, 0.5) is 0 Å². The van der Waals surface area contributed by atoms with Gasteiger partial charge >= 0.3 is 0 Å². The number of carbonyl (C=O) groups is 2. The Labute approximate surface area is 24.8 Å². The van der Waals surface area contributed by atoms with E-state index in [1.165, 1.54) is 0 Å². The standard InChI is InChI=1S/C2H2O2/c3-1-2-4/h1-2H/i1D. The first-order valence-corrected chi connectivity index (χ1v) is 0.729.